The van der Waals surface area contributed by atoms with Crippen molar-refractivity contribution in [2.45, 2.75) is 66.0 Å². The molecule has 0 aliphatic carbocycles. The lowest BCUT2D eigenvalue weighted by Gasteiger charge is -2.46. The molecule has 0 aromatic heterocycles. The molecular formula is C29H38Br2O2Si. The highest BCUT2D eigenvalue weighted by Gasteiger charge is 2.51. The van der Waals surface area contributed by atoms with Crippen molar-refractivity contribution in [2.24, 2.45) is 11.8 Å². The van der Waals surface area contributed by atoms with Gasteiger partial charge in [0.1, 0.15) is 0 Å². The second-order valence-corrected chi connectivity index (χ2v) is 17.3. The van der Waals surface area contributed by atoms with Crippen molar-refractivity contribution in [2.75, 3.05) is 0 Å². The van der Waals surface area contributed by atoms with Gasteiger partial charge in [-0.25, -0.2) is 0 Å². The van der Waals surface area contributed by atoms with E-state index in [1.807, 2.05) is 6.92 Å². The highest BCUT2D eigenvalue weighted by Crippen LogP contribution is 2.39. The lowest BCUT2D eigenvalue weighted by molar-refractivity contribution is -0.113. The van der Waals surface area contributed by atoms with Crippen molar-refractivity contribution >= 4 is 56.3 Å². The van der Waals surface area contributed by atoms with E-state index < -0.39 is 8.32 Å². The van der Waals surface area contributed by atoms with Crippen LogP contribution in [0.5, 0.6) is 0 Å². The first-order valence-corrected chi connectivity index (χ1v) is 15.4. The van der Waals surface area contributed by atoms with E-state index in [1.54, 1.807) is 6.92 Å². The van der Waals surface area contributed by atoms with Crippen LogP contribution in [0.3, 0.4) is 0 Å². The molecule has 0 spiro atoms. The molecule has 0 radical (unpaired) electrons. The average Bonchev–Trinajstić information content (AvgIpc) is 2.76. The smallest absolute Gasteiger partial charge is 0.261 e. The summed E-state index contributed by atoms with van der Waals surface area (Å²) in [6.07, 6.45) is 5.02. The van der Waals surface area contributed by atoms with Crippen LogP contribution in [0.25, 0.3) is 0 Å². The van der Waals surface area contributed by atoms with Crippen LogP contribution in [0.4, 0.5) is 0 Å². The van der Waals surface area contributed by atoms with Crippen molar-refractivity contribution in [3.8, 4) is 0 Å². The van der Waals surface area contributed by atoms with E-state index in [0.29, 0.717) is 0 Å². The van der Waals surface area contributed by atoms with Gasteiger partial charge in [0, 0.05) is 0 Å². The van der Waals surface area contributed by atoms with E-state index >= 15 is 0 Å². The first-order valence-electron chi connectivity index (χ1n) is 11.9. The highest BCUT2D eigenvalue weighted by atomic mass is 79.9. The number of Topliss-reactive ketones (excluding diaryl/α,β-unsaturated/α-hetero) is 1. The van der Waals surface area contributed by atoms with Gasteiger partial charge in [0.2, 0.25) is 0 Å². The van der Waals surface area contributed by atoms with Crippen molar-refractivity contribution in [3.63, 3.8) is 0 Å². The molecule has 0 saturated heterocycles. The Hall–Kier alpha value is -1.27. The zero-order chi connectivity index (χ0) is 25.5. The van der Waals surface area contributed by atoms with E-state index in [4.69, 9.17) is 4.43 Å². The van der Waals surface area contributed by atoms with E-state index in [0.717, 1.165) is 15.4 Å². The van der Waals surface area contributed by atoms with Crippen LogP contribution in [0.15, 0.2) is 81.8 Å². The Balaban J connectivity index is 2.60. The summed E-state index contributed by atoms with van der Waals surface area (Å²) >= 11 is 7.19. The molecule has 0 heterocycles. The third kappa shape index (κ3) is 7.36. The molecule has 34 heavy (non-hydrogen) atoms. The molecule has 0 saturated carbocycles. The number of hydrogen-bond acceptors (Lipinski definition) is 2. The van der Waals surface area contributed by atoms with Crippen LogP contribution < -0.4 is 10.4 Å². The molecule has 2 aromatic rings. The summed E-state index contributed by atoms with van der Waals surface area (Å²) in [5.41, 5.74) is 0.821. The molecule has 2 aromatic carbocycles. The number of rotatable bonds is 10. The fraction of sp³-hybridized carbons (Fsp3) is 0.414. The van der Waals surface area contributed by atoms with Gasteiger partial charge in [-0.2, -0.15) is 0 Å². The molecule has 0 amide bonds. The predicted molar refractivity (Wildman–Crippen MR) is 156 cm³/mol. The highest BCUT2D eigenvalue weighted by molar-refractivity contribution is 9.28. The van der Waals surface area contributed by atoms with Gasteiger partial charge in [-0.05, 0) is 91.0 Å². The molecule has 0 aliphatic heterocycles. The standard InChI is InChI=1S/C29H38Br2O2Si/c1-21(18-22(2)24(4)32)19-23(3)27(20-28(30)31)33-34(29(5,6)7,25-14-10-8-11-15-25)26-16-12-9-13-17-26/h8-18,20-21,23,27H,19H2,1-7H3/b22-18+/t21-,23+,27-/m1/s1. The van der Waals surface area contributed by atoms with Crippen LogP contribution in [-0.4, -0.2) is 20.2 Å². The summed E-state index contributed by atoms with van der Waals surface area (Å²) in [6.45, 7) is 14.8. The van der Waals surface area contributed by atoms with Crippen LogP contribution in [0.2, 0.25) is 5.04 Å². The van der Waals surface area contributed by atoms with E-state index in [1.165, 1.54) is 10.4 Å². The fourth-order valence-corrected chi connectivity index (χ4v) is 9.91. The number of carbonyl (C=O) groups is 1. The van der Waals surface area contributed by atoms with Gasteiger partial charge in [-0.1, -0.05) is 101 Å². The Morgan fingerprint density at radius 3 is 1.76 bits per heavy atom. The lowest BCUT2D eigenvalue weighted by atomic mass is 9.91. The quantitative estimate of drug-likeness (QED) is 0.204. The summed E-state index contributed by atoms with van der Waals surface area (Å²) < 4.78 is 8.30. The predicted octanol–water partition coefficient (Wildman–Crippen LogP) is 7.76. The normalized spacial score (nSPS) is 15.4. The van der Waals surface area contributed by atoms with Crippen LogP contribution in [-0.2, 0) is 9.22 Å². The topological polar surface area (TPSA) is 26.3 Å². The second-order valence-electron chi connectivity index (χ2n) is 10.3. The van der Waals surface area contributed by atoms with E-state index in [-0.39, 0.29) is 28.8 Å². The van der Waals surface area contributed by atoms with Gasteiger partial charge >= 0.3 is 0 Å². The Morgan fingerprint density at radius 2 is 1.38 bits per heavy atom. The second kappa shape index (κ2) is 12.6. The summed E-state index contributed by atoms with van der Waals surface area (Å²) in [7, 11) is -2.70. The summed E-state index contributed by atoms with van der Waals surface area (Å²) in [5.74, 6) is 0.632. The lowest BCUT2D eigenvalue weighted by Crippen LogP contribution is -2.68. The molecule has 184 valence electrons. The number of allylic oxidation sites excluding steroid dienone is 2. The third-order valence-corrected chi connectivity index (χ3v) is 12.0. The maximum absolute atomic E-state index is 11.7. The number of ketones is 1. The maximum atomic E-state index is 11.7. The number of halogens is 2. The zero-order valence-electron chi connectivity index (χ0n) is 21.4. The monoisotopic (exact) mass is 604 g/mol. The average molecular weight is 607 g/mol. The number of carbonyl (C=O) groups excluding carboxylic acids is 1. The van der Waals surface area contributed by atoms with Gasteiger partial charge in [-0.3, -0.25) is 4.79 Å². The van der Waals surface area contributed by atoms with Crippen molar-refractivity contribution in [3.05, 3.63) is 81.8 Å². The minimum Gasteiger partial charge on any atom is -0.401 e. The number of benzene rings is 2. The van der Waals surface area contributed by atoms with Gasteiger partial charge in [0.05, 0.1) is 9.50 Å². The van der Waals surface area contributed by atoms with Crippen LogP contribution in [0, 0.1) is 11.8 Å². The van der Waals surface area contributed by atoms with Gasteiger partial charge < -0.3 is 4.43 Å². The van der Waals surface area contributed by atoms with Gasteiger partial charge in [-0.15, -0.1) is 0 Å². The molecule has 0 aliphatic rings. The molecule has 2 rings (SSSR count). The summed E-state index contributed by atoms with van der Waals surface area (Å²) in [4.78, 5) is 11.7. The molecule has 0 N–H and O–H groups in total. The molecule has 0 bridgehead atoms. The Morgan fingerprint density at radius 1 is 0.912 bits per heavy atom. The Bertz CT molecular complexity index is 950. The third-order valence-electron chi connectivity index (χ3n) is 6.41. The first-order chi connectivity index (χ1) is 15.9. The van der Waals surface area contributed by atoms with Gasteiger partial charge in [0.15, 0.2) is 5.78 Å². The van der Waals surface area contributed by atoms with Gasteiger partial charge in [0.25, 0.3) is 8.32 Å². The van der Waals surface area contributed by atoms with Crippen LogP contribution in [0.1, 0.15) is 54.9 Å². The molecule has 0 unspecified atom stereocenters. The zero-order valence-corrected chi connectivity index (χ0v) is 25.6. The molecule has 0 fully saturated rings. The van der Waals surface area contributed by atoms with E-state index in [9.17, 15) is 4.79 Å². The maximum Gasteiger partial charge on any atom is 0.261 e. The molecule has 2 nitrogen and oxygen atoms in total. The minimum absolute atomic E-state index is 0.100. The fourth-order valence-electron chi connectivity index (χ4n) is 4.67. The Labute approximate surface area is 224 Å². The largest absolute Gasteiger partial charge is 0.401 e. The minimum atomic E-state index is -2.70. The Kier molecular flexibility index (Phi) is 10.7. The summed E-state index contributed by atoms with van der Waals surface area (Å²) in [6, 6.07) is 21.5. The number of hydrogen-bond donors (Lipinski definition) is 0. The summed E-state index contributed by atoms with van der Waals surface area (Å²) in [5, 5.41) is 2.44. The van der Waals surface area contributed by atoms with Crippen molar-refractivity contribution < 1.29 is 9.22 Å². The van der Waals surface area contributed by atoms with Crippen LogP contribution >= 0.6 is 31.9 Å². The van der Waals surface area contributed by atoms with E-state index in [2.05, 4.69) is 139 Å². The first kappa shape index (κ1) is 29.0. The molecule has 5 heteroatoms. The SMILES string of the molecule is CC(=O)/C(C)=C/[C@@H](C)C[C@H](C)[C@@H](C=C(Br)Br)O[Si](c1ccccc1)(c1ccccc1)C(C)(C)C. The molecular weight excluding hydrogens is 568 g/mol. The molecule has 3 atom stereocenters. The van der Waals surface area contributed by atoms with Crippen molar-refractivity contribution in [1.82, 2.24) is 0 Å². The van der Waals surface area contributed by atoms with Crippen molar-refractivity contribution in [1.29, 1.82) is 0 Å².